The van der Waals surface area contributed by atoms with Crippen molar-refractivity contribution in [3.8, 4) is 11.5 Å². The predicted octanol–water partition coefficient (Wildman–Crippen LogP) is 7.24. The van der Waals surface area contributed by atoms with Crippen LogP contribution < -0.4 is 10.1 Å². The van der Waals surface area contributed by atoms with Crippen LogP contribution in [0.5, 0.6) is 11.5 Å². The molecule has 0 unspecified atom stereocenters. The molecule has 1 heterocycles. The minimum atomic E-state index is -0.210. The van der Waals surface area contributed by atoms with Crippen molar-refractivity contribution >= 4 is 5.91 Å². The maximum absolute atomic E-state index is 12.7. The number of hydrogen-bond acceptors (Lipinski definition) is 3. The third kappa shape index (κ3) is 6.42. The first kappa shape index (κ1) is 24.3. The second-order valence-corrected chi connectivity index (χ2v) is 9.86. The Morgan fingerprint density at radius 1 is 0.886 bits per heavy atom. The standard InChI is InChI=1S/C31H33NO3/c1-22-14-15-25(31(2,3)4)20-24(22)21-27-16-17-29(35-27)30(33)32-19-18-23-10-8-9-13-28(23)34-26-11-6-5-7-12-26/h5-17,20H,18-19,21H2,1-4H3,(H,32,33). The summed E-state index contributed by atoms with van der Waals surface area (Å²) < 4.78 is 11.9. The van der Waals surface area contributed by atoms with Crippen molar-refractivity contribution < 1.29 is 13.9 Å². The summed E-state index contributed by atoms with van der Waals surface area (Å²) in [6.07, 6.45) is 1.31. The zero-order valence-electron chi connectivity index (χ0n) is 20.9. The van der Waals surface area contributed by atoms with Gasteiger partial charge in [0.1, 0.15) is 17.3 Å². The van der Waals surface area contributed by atoms with Crippen LogP contribution in [-0.2, 0) is 18.3 Å². The number of carbonyl (C=O) groups is 1. The first-order valence-corrected chi connectivity index (χ1v) is 12.1. The Labute approximate surface area is 208 Å². The molecule has 4 aromatic rings. The average Bonchev–Trinajstić information content (AvgIpc) is 3.30. The Bertz CT molecular complexity index is 1280. The van der Waals surface area contributed by atoms with Gasteiger partial charge in [-0.05, 0) is 71.3 Å². The van der Waals surface area contributed by atoms with Crippen molar-refractivity contribution in [1.29, 1.82) is 0 Å². The monoisotopic (exact) mass is 467 g/mol. The minimum Gasteiger partial charge on any atom is -0.457 e. The molecule has 0 atom stereocenters. The number of benzene rings is 3. The van der Waals surface area contributed by atoms with Crippen molar-refractivity contribution in [2.75, 3.05) is 6.54 Å². The zero-order chi connectivity index (χ0) is 24.8. The molecule has 0 aliphatic rings. The van der Waals surface area contributed by atoms with E-state index in [4.69, 9.17) is 9.15 Å². The van der Waals surface area contributed by atoms with E-state index in [0.717, 1.165) is 22.8 Å². The Kier molecular flexibility index (Phi) is 7.40. The minimum absolute atomic E-state index is 0.0847. The second-order valence-electron chi connectivity index (χ2n) is 9.86. The first-order chi connectivity index (χ1) is 16.8. The third-order valence-corrected chi connectivity index (χ3v) is 6.09. The molecule has 1 N–H and O–H groups in total. The van der Waals surface area contributed by atoms with Gasteiger partial charge >= 0.3 is 0 Å². The highest BCUT2D eigenvalue weighted by Gasteiger charge is 2.16. The molecule has 4 heteroatoms. The Balaban J connectivity index is 1.35. The van der Waals surface area contributed by atoms with E-state index in [0.29, 0.717) is 25.1 Å². The maximum Gasteiger partial charge on any atom is 0.287 e. The molecule has 1 amide bonds. The molecule has 0 bridgehead atoms. The van der Waals surface area contributed by atoms with Crippen LogP contribution in [0.4, 0.5) is 0 Å². The maximum atomic E-state index is 12.7. The highest BCUT2D eigenvalue weighted by molar-refractivity contribution is 5.91. The molecule has 4 nitrogen and oxygen atoms in total. The molecule has 4 rings (SSSR count). The highest BCUT2D eigenvalue weighted by Crippen LogP contribution is 2.27. The van der Waals surface area contributed by atoms with Crippen LogP contribution in [0.2, 0.25) is 0 Å². The summed E-state index contributed by atoms with van der Waals surface area (Å²) >= 11 is 0. The Hall–Kier alpha value is -3.79. The number of ether oxygens (including phenoxy) is 1. The van der Waals surface area contributed by atoms with Crippen molar-refractivity contribution in [2.45, 2.75) is 46.0 Å². The summed E-state index contributed by atoms with van der Waals surface area (Å²) in [5, 5.41) is 2.97. The van der Waals surface area contributed by atoms with Crippen LogP contribution in [0.3, 0.4) is 0 Å². The van der Waals surface area contributed by atoms with Crippen LogP contribution in [0, 0.1) is 6.92 Å². The fourth-order valence-corrected chi connectivity index (χ4v) is 3.93. The summed E-state index contributed by atoms with van der Waals surface area (Å²) in [7, 11) is 0. The topological polar surface area (TPSA) is 51.5 Å². The van der Waals surface area contributed by atoms with E-state index in [1.54, 1.807) is 6.07 Å². The molecule has 35 heavy (non-hydrogen) atoms. The number of para-hydroxylation sites is 2. The van der Waals surface area contributed by atoms with Crippen LogP contribution in [0.15, 0.2) is 89.3 Å². The lowest BCUT2D eigenvalue weighted by molar-refractivity contribution is 0.0924. The van der Waals surface area contributed by atoms with Crippen LogP contribution in [-0.4, -0.2) is 12.5 Å². The first-order valence-electron chi connectivity index (χ1n) is 12.1. The van der Waals surface area contributed by atoms with Gasteiger partial charge in [-0.1, -0.05) is 75.4 Å². The van der Waals surface area contributed by atoms with E-state index in [1.807, 2.05) is 60.7 Å². The van der Waals surface area contributed by atoms with Crippen LogP contribution in [0.1, 0.15) is 59.3 Å². The van der Waals surface area contributed by atoms with E-state index < -0.39 is 0 Å². The summed E-state index contributed by atoms with van der Waals surface area (Å²) in [6.45, 7) is 9.23. The number of carbonyl (C=O) groups excluding carboxylic acids is 1. The summed E-state index contributed by atoms with van der Waals surface area (Å²) in [4.78, 5) is 12.7. The van der Waals surface area contributed by atoms with Gasteiger partial charge in [-0.3, -0.25) is 4.79 Å². The van der Waals surface area contributed by atoms with Gasteiger partial charge in [0.05, 0.1) is 0 Å². The number of hydrogen-bond donors (Lipinski definition) is 1. The van der Waals surface area contributed by atoms with E-state index >= 15 is 0 Å². The van der Waals surface area contributed by atoms with Gasteiger partial charge in [-0.15, -0.1) is 0 Å². The van der Waals surface area contributed by atoms with E-state index in [1.165, 1.54) is 16.7 Å². The fourth-order valence-electron chi connectivity index (χ4n) is 3.93. The van der Waals surface area contributed by atoms with Gasteiger partial charge in [0.2, 0.25) is 0 Å². The van der Waals surface area contributed by atoms with E-state index in [9.17, 15) is 4.79 Å². The molecule has 1 aromatic heterocycles. The molecule has 0 fully saturated rings. The Morgan fingerprint density at radius 2 is 1.63 bits per heavy atom. The van der Waals surface area contributed by atoms with Gasteiger partial charge in [0.25, 0.3) is 5.91 Å². The quantitative estimate of drug-likeness (QED) is 0.297. The van der Waals surface area contributed by atoms with Gasteiger partial charge < -0.3 is 14.5 Å². The van der Waals surface area contributed by atoms with Gasteiger partial charge in [0, 0.05) is 13.0 Å². The van der Waals surface area contributed by atoms with Crippen molar-refractivity contribution in [3.05, 3.63) is 119 Å². The molecule has 0 radical (unpaired) electrons. The van der Waals surface area contributed by atoms with Crippen molar-refractivity contribution in [2.24, 2.45) is 0 Å². The highest BCUT2D eigenvalue weighted by atomic mass is 16.5. The number of nitrogens with one attached hydrogen (secondary N) is 1. The van der Waals surface area contributed by atoms with Crippen LogP contribution >= 0.6 is 0 Å². The summed E-state index contributed by atoms with van der Waals surface area (Å²) in [5.74, 6) is 2.48. The van der Waals surface area contributed by atoms with E-state index in [-0.39, 0.29) is 11.3 Å². The number of furan rings is 1. The molecular formula is C31H33NO3. The average molecular weight is 468 g/mol. The molecular weight excluding hydrogens is 434 g/mol. The molecule has 180 valence electrons. The molecule has 3 aromatic carbocycles. The fraction of sp³-hybridized carbons (Fsp3) is 0.258. The molecule has 0 aliphatic carbocycles. The lowest BCUT2D eigenvalue weighted by atomic mass is 9.85. The van der Waals surface area contributed by atoms with Crippen molar-refractivity contribution in [3.63, 3.8) is 0 Å². The number of aryl methyl sites for hydroxylation is 1. The SMILES string of the molecule is Cc1ccc(C(C)(C)C)cc1Cc1ccc(C(=O)NCCc2ccccc2Oc2ccccc2)o1. The van der Waals surface area contributed by atoms with E-state index in [2.05, 4.69) is 51.2 Å². The summed E-state index contributed by atoms with van der Waals surface area (Å²) in [5.41, 5.74) is 4.84. The molecule has 0 saturated heterocycles. The normalized spacial score (nSPS) is 11.3. The lowest BCUT2D eigenvalue weighted by Crippen LogP contribution is -2.25. The molecule has 0 saturated carbocycles. The molecule has 0 aliphatic heterocycles. The lowest BCUT2D eigenvalue weighted by Gasteiger charge is -2.20. The number of rotatable bonds is 8. The van der Waals surface area contributed by atoms with Gasteiger partial charge in [-0.2, -0.15) is 0 Å². The Morgan fingerprint density at radius 3 is 2.40 bits per heavy atom. The van der Waals surface area contributed by atoms with Crippen LogP contribution in [0.25, 0.3) is 0 Å². The smallest absolute Gasteiger partial charge is 0.287 e. The number of amides is 1. The molecule has 0 spiro atoms. The van der Waals surface area contributed by atoms with Gasteiger partial charge in [0.15, 0.2) is 5.76 Å². The largest absolute Gasteiger partial charge is 0.457 e. The summed E-state index contributed by atoms with van der Waals surface area (Å²) in [6, 6.07) is 27.8. The zero-order valence-corrected chi connectivity index (χ0v) is 20.9. The second kappa shape index (κ2) is 10.6. The predicted molar refractivity (Wildman–Crippen MR) is 140 cm³/mol. The third-order valence-electron chi connectivity index (χ3n) is 6.09. The van der Waals surface area contributed by atoms with Crippen molar-refractivity contribution in [1.82, 2.24) is 5.32 Å². The van der Waals surface area contributed by atoms with Gasteiger partial charge in [-0.25, -0.2) is 0 Å².